The third-order valence-corrected chi connectivity index (χ3v) is 3.06. The zero-order chi connectivity index (χ0) is 12.0. The van der Waals surface area contributed by atoms with Crippen LogP contribution in [0.1, 0.15) is 32.1 Å². The minimum atomic E-state index is -0.774. The maximum atomic E-state index is 11.3. The van der Waals surface area contributed by atoms with Crippen molar-refractivity contribution in [2.75, 3.05) is 20.1 Å². The van der Waals surface area contributed by atoms with Gasteiger partial charge in [0, 0.05) is 26.1 Å². The second-order valence-corrected chi connectivity index (χ2v) is 4.21. The number of hydrogen-bond acceptors (Lipinski definition) is 3. The van der Waals surface area contributed by atoms with E-state index in [0.717, 1.165) is 25.8 Å². The van der Waals surface area contributed by atoms with Gasteiger partial charge in [-0.25, -0.2) is 0 Å². The van der Waals surface area contributed by atoms with Crippen LogP contribution in [0.2, 0.25) is 0 Å². The second kappa shape index (κ2) is 6.48. The number of piperidine rings is 1. The smallest absolute Gasteiger partial charge is 0.304 e. The van der Waals surface area contributed by atoms with Crippen molar-refractivity contribution in [1.82, 2.24) is 10.2 Å². The maximum Gasteiger partial charge on any atom is 0.304 e. The third kappa shape index (κ3) is 4.18. The van der Waals surface area contributed by atoms with Gasteiger partial charge in [-0.3, -0.25) is 14.5 Å². The molecule has 16 heavy (non-hydrogen) atoms. The highest BCUT2D eigenvalue weighted by Crippen LogP contribution is 2.19. The summed E-state index contributed by atoms with van der Waals surface area (Å²) in [6.07, 6.45) is 3.86. The molecule has 0 aromatic carbocycles. The standard InChI is InChI=1S/C11H20N2O3/c1-12-10(14)8-9-4-2-3-6-13(9)7-5-11(15)16/h9H,2-8H2,1H3,(H,12,14)(H,15,16). The molecule has 0 spiro atoms. The van der Waals surface area contributed by atoms with E-state index in [1.165, 1.54) is 0 Å². The summed E-state index contributed by atoms with van der Waals surface area (Å²) < 4.78 is 0. The normalized spacial score (nSPS) is 21.7. The van der Waals surface area contributed by atoms with Gasteiger partial charge in [-0.1, -0.05) is 6.42 Å². The fraction of sp³-hybridized carbons (Fsp3) is 0.818. The Morgan fingerprint density at radius 2 is 2.19 bits per heavy atom. The van der Waals surface area contributed by atoms with Crippen LogP contribution >= 0.6 is 0 Å². The summed E-state index contributed by atoms with van der Waals surface area (Å²) in [6.45, 7) is 1.46. The van der Waals surface area contributed by atoms with Crippen LogP contribution in [0.15, 0.2) is 0 Å². The molecule has 92 valence electrons. The molecule has 0 radical (unpaired) electrons. The molecule has 1 fully saturated rings. The van der Waals surface area contributed by atoms with Gasteiger partial charge in [0.15, 0.2) is 0 Å². The van der Waals surface area contributed by atoms with Crippen molar-refractivity contribution in [3.05, 3.63) is 0 Å². The fourth-order valence-corrected chi connectivity index (χ4v) is 2.14. The van der Waals surface area contributed by atoms with E-state index in [2.05, 4.69) is 10.2 Å². The van der Waals surface area contributed by atoms with E-state index in [1.807, 2.05) is 0 Å². The molecule has 1 aliphatic heterocycles. The van der Waals surface area contributed by atoms with Crippen LogP contribution in [-0.4, -0.2) is 48.1 Å². The number of carboxylic acid groups (broad SMARTS) is 1. The van der Waals surface area contributed by atoms with Crippen molar-refractivity contribution in [1.29, 1.82) is 0 Å². The van der Waals surface area contributed by atoms with Gasteiger partial charge in [-0.2, -0.15) is 0 Å². The van der Waals surface area contributed by atoms with Gasteiger partial charge >= 0.3 is 5.97 Å². The van der Waals surface area contributed by atoms with Crippen molar-refractivity contribution >= 4 is 11.9 Å². The molecule has 1 unspecified atom stereocenters. The summed E-state index contributed by atoms with van der Waals surface area (Å²) in [5, 5.41) is 11.3. The summed E-state index contributed by atoms with van der Waals surface area (Å²) in [6, 6.07) is 0.216. The largest absolute Gasteiger partial charge is 0.481 e. The number of likely N-dealkylation sites (tertiary alicyclic amines) is 1. The van der Waals surface area contributed by atoms with Gasteiger partial charge < -0.3 is 10.4 Å². The number of nitrogens with zero attached hydrogens (tertiary/aromatic N) is 1. The Kier molecular flexibility index (Phi) is 5.25. The summed E-state index contributed by atoms with van der Waals surface area (Å²) in [7, 11) is 1.63. The molecular weight excluding hydrogens is 208 g/mol. The van der Waals surface area contributed by atoms with Crippen LogP contribution in [0.4, 0.5) is 0 Å². The Morgan fingerprint density at radius 1 is 1.44 bits per heavy atom. The molecule has 0 saturated carbocycles. The van der Waals surface area contributed by atoms with Gasteiger partial charge in [0.05, 0.1) is 6.42 Å². The molecule has 1 atom stereocenters. The number of hydrogen-bond donors (Lipinski definition) is 2. The molecule has 1 saturated heterocycles. The molecule has 0 aromatic heterocycles. The zero-order valence-electron chi connectivity index (χ0n) is 9.74. The minimum absolute atomic E-state index is 0.0345. The minimum Gasteiger partial charge on any atom is -0.481 e. The van der Waals surface area contributed by atoms with Crippen LogP contribution in [0.3, 0.4) is 0 Å². The number of carboxylic acids is 1. The molecule has 5 nitrogen and oxygen atoms in total. The number of carbonyl (C=O) groups excluding carboxylic acids is 1. The lowest BCUT2D eigenvalue weighted by Crippen LogP contribution is -2.43. The molecule has 1 aliphatic rings. The van der Waals surface area contributed by atoms with Crippen molar-refractivity contribution in [3.63, 3.8) is 0 Å². The highest BCUT2D eigenvalue weighted by molar-refractivity contribution is 5.76. The topological polar surface area (TPSA) is 69.6 Å². The molecule has 0 bridgehead atoms. The fourth-order valence-electron chi connectivity index (χ4n) is 2.14. The number of carbonyl (C=O) groups is 2. The van der Waals surface area contributed by atoms with Crippen LogP contribution < -0.4 is 5.32 Å². The van der Waals surface area contributed by atoms with Gasteiger partial charge in [-0.15, -0.1) is 0 Å². The third-order valence-electron chi connectivity index (χ3n) is 3.06. The Bertz CT molecular complexity index is 256. The molecule has 1 rings (SSSR count). The lowest BCUT2D eigenvalue weighted by atomic mass is 9.99. The van der Waals surface area contributed by atoms with Crippen LogP contribution in [0.25, 0.3) is 0 Å². The molecular formula is C11H20N2O3. The molecule has 1 amide bonds. The first-order valence-electron chi connectivity index (χ1n) is 5.80. The number of nitrogens with one attached hydrogen (secondary N) is 1. The van der Waals surface area contributed by atoms with Crippen LogP contribution in [0, 0.1) is 0 Å². The molecule has 0 aliphatic carbocycles. The van der Waals surface area contributed by atoms with E-state index in [4.69, 9.17) is 5.11 Å². The van der Waals surface area contributed by atoms with Gasteiger partial charge in [0.1, 0.15) is 0 Å². The number of amides is 1. The van der Waals surface area contributed by atoms with Crippen LogP contribution in [0.5, 0.6) is 0 Å². The quantitative estimate of drug-likeness (QED) is 0.717. The zero-order valence-corrected chi connectivity index (χ0v) is 9.74. The highest BCUT2D eigenvalue weighted by Gasteiger charge is 2.24. The average Bonchev–Trinajstić information content (AvgIpc) is 2.27. The lowest BCUT2D eigenvalue weighted by molar-refractivity contribution is -0.137. The van der Waals surface area contributed by atoms with E-state index in [1.54, 1.807) is 7.05 Å². The van der Waals surface area contributed by atoms with Crippen molar-refractivity contribution in [2.45, 2.75) is 38.1 Å². The summed E-state index contributed by atoms with van der Waals surface area (Å²) in [5.41, 5.74) is 0. The molecule has 2 N–H and O–H groups in total. The maximum absolute atomic E-state index is 11.3. The lowest BCUT2D eigenvalue weighted by Gasteiger charge is -2.34. The monoisotopic (exact) mass is 228 g/mol. The summed E-state index contributed by atoms with van der Waals surface area (Å²) in [5.74, 6) is -0.739. The summed E-state index contributed by atoms with van der Waals surface area (Å²) in [4.78, 5) is 24.0. The van der Waals surface area contributed by atoms with Gasteiger partial charge in [-0.05, 0) is 19.4 Å². The van der Waals surface area contributed by atoms with E-state index < -0.39 is 5.97 Å². The molecule has 1 heterocycles. The van der Waals surface area contributed by atoms with Gasteiger partial charge in [0.25, 0.3) is 0 Å². The Labute approximate surface area is 95.8 Å². The molecule has 5 heteroatoms. The number of aliphatic carboxylic acids is 1. The van der Waals surface area contributed by atoms with E-state index in [-0.39, 0.29) is 18.4 Å². The second-order valence-electron chi connectivity index (χ2n) is 4.21. The van der Waals surface area contributed by atoms with Gasteiger partial charge in [0.2, 0.25) is 5.91 Å². The van der Waals surface area contributed by atoms with Crippen molar-refractivity contribution in [2.24, 2.45) is 0 Å². The van der Waals surface area contributed by atoms with E-state index in [9.17, 15) is 9.59 Å². The Hall–Kier alpha value is -1.10. The van der Waals surface area contributed by atoms with E-state index >= 15 is 0 Å². The predicted octanol–water partition coefficient (Wildman–Crippen LogP) is 0.452. The predicted molar refractivity (Wildman–Crippen MR) is 60.1 cm³/mol. The Morgan fingerprint density at radius 3 is 2.81 bits per heavy atom. The SMILES string of the molecule is CNC(=O)CC1CCCCN1CCC(=O)O. The average molecular weight is 228 g/mol. The Balaban J connectivity index is 2.43. The molecule has 0 aromatic rings. The first kappa shape index (κ1) is 13.0. The first-order chi connectivity index (χ1) is 7.63. The van der Waals surface area contributed by atoms with Crippen LogP contribution in [-0.2, 0) is 9.59 Å². The summed E-state index contributed by atoms with van der Waals surface area (Å²) >= 11 is 0. The van der Waals surface area contributed by atoms with E-state index in [0.29, 0.717) is 13.0 Å². The number of rotatable bonds is 5. The van der Waals surface area contributed by atoms with Crippen molar-refractivity contribution < 1.29 is 14.7 Å². The van der Waals surface area contributed by atoms with Crippen molar-refractivity contribution in [3.8, 4) is 0 Å². The highest BCUT2D eigenvalue weighted by atomic mass is 16.4. The first-order valence-corrected chi connectivity index (χ1v) is 5.80.